The molecule has 1 spiro atoms. The minimum Gasteiger partial charge on any atom is -0.322 e. The van der Waals surface area contributed by atoms with Gasteiger partial charge in [-0.05, 0) is 43.0 Å². The molecule has 11 heteroatoms. The predicted molar refractivity (Wildman–Crippen MR) is 109 cm³/mol. The second kappa shape index (κ2) is 7.45. The summed E-state index contributed by atoms with van der Waals surface area (Å²) in [5.74, 6) is -0.487. The first-order valence-corrected chi connectivity index (χ1v) is 11.2. The molecule has 4 amide bonds. The Morgan fingerprint density at radius 1 is 1.38 bits per heavy atom. The summed E-state index contributed by atoms with van der Waals surface area (Å²) in [7, 11) is 1.60. The van der Waals surface area contributed by atoms with Gasteiger partial charge in [0.15, 0.2) is 5.16 Å². The molecule has 2 N–H and O–H groups in total. The molecule has 154 valence electrons. The van der Waals surface area contributed by atoms with Crippen molar-refractivity contribution >= 4 is 51.2 Å². The van der Waals surface area contributed by atoms with Gasteiger partial charge in [-0.25, -0.2) is 9.78 Å². The highest BCUT2D eigenvalue weighted by Crippen LogP contribution is 2.35. The molecule has 2 aromatic rings. The third kappa shape index (κ3) is 3.52. The van der Waals surface area contributed by atoms with Crippen molar-refractivity contribution in [3.05, 3.63) is 21.8 Å². The van der Waals surface area contributed by atoms with Crippen LogP contribution in [0.3, 0.4) is 0 Å². The first-order chi connectivity index (χ1) is 13.8. The molecule has 1 aliphatic carbocycles. The fourth-order valence-corrected chi connectivity index (χ4v) is 5.27. The number of thioether (sulfide) groups is 1. The second-order valence-electron chi connectivity index (χ2n) is 7.55. The molecule has 2 aliphatic rings. The average Bonchev–Trinajstić information content (AvgIpc) is 3.25. The molecule has 3 heterocycles. The lowest BCUT2D eigenvalue weighted by Gasteiger charge is -2.33. The van der Waals surface area contributed by atoms with E-state index >= 15 is 0 Å². The van der Waals surface area contributed by atoms with Gasteiger partial charge >= 0.3 is 6.03 Å². The third-order valence-corrected chi connectivity index (χ3v) is 7.43. The lowest BCUT2D eigenvalue weighted by molar-refractivity contribution is -0.139. The minimum atomic E-state index is -0.903. The average molecular weight is 436 g/mol. The molecule has 0 aromatic carbocycles. The number of amides is 4. The summed E-state index contributed by atoms with van der Waals surface area (Å²) in [5, 5.41) is 5.73. The highest BCUT2D eigenvalue weighted by atomic mass is 32.2. The van der Waals surface area contributed by atoms with Gasteiger partial charge in [0.1, 0.15) is 10.2 Å². The molecular formula is C18H21N5O4S2. The maximum atomic E-state index is 12.8. The number of thiophene rings is 1. The van der Waals surface area contributed by atoms with Crippen molar-refractivity contribution in [2.45, 2.75) is 43.3 Å². The number of imide groups is 1. The van der Waals surface area contributed by atoms with E-state index < -0.39 is 23.4 Å². The summed E-state index contributed by atoms with van der Waals surface area (Å²) in [6.45, 7) is 2.12. The van der Waals surface area contributed by atoms with Crippen LogP contribution in [0.5, 0.6) is 0 Å². The first-order valence-electron chi connectivity index (χ1n) is 9.34. The number of nitrogens with one attached hydrogen (secondary N) is 2. The van der Waals surface area contributed by atoms with Gasteiger partial charge in [-0.1, -0.05) is 18.7 Å². The number of carbonyl (C=O) groups excluding carboxylic acids is 3. The lowest BCUT2D eigenvalue weighted by Crippen LogP contribution is -2.51. The Morgan fingerprint density at radius 2 is 2.10 bits per heavy atom. The number of hydrogen-bond acceptors (Lipinski definition) is 7. The quantitative estimate of drug-likeness (QED) is 0.429. The van der Waals surface area contributed by atoms with E-state index in [2.05, 4.69) is 22.7 Å². The smallest absolute Gasteiger partial charge is 0.322 e. The highest BCUT2D eigenvalue weighted by molar-refractivity contribution is 7.99. The molecule has 1 saturated heterocycles. The Balaban J connectivity index is 1.41. The molecular weight excluding hydrogens is 414 g/mol. The SMILES string of the molecule is CC1CCC2(CC1)NC(=O)N(NC(=O)CSc1nc3ccsc3c(=O)n1C)C2=O. The fraction of sp³-hybridized carbons (Fsp3) is 0.500. The van der Waals surface area contributed by atoms with Crippen molar-refractivity contribution in [2.24, 2.45) is 13.0 Å². The van der Waals surface area contributed by atoms with Gasteiger partial charge in [0.25, 0.3) is 11.5 Å². The van der Waals surface area contributed by atoms with Crippen molar-refractivity contribution in [2.75, 3.05) is 5.75 Å². The topological polar surface area (TPSA) is 113 Å². The molecule has 4 rings (SSSR count). The van der Waals surface area contributed by atoms with Gasteiger partial charge in [-0.3, -0.25) is 24.4 Å². The molecule has 0 radical (unpaired) electrons. The molecule has 2 aromatic heterocycles. The van der Waals surface area contributed by atoms with E-state index in [1.165, 1.54) is 15.9 Å². The standard InChI is InChI=1S/C18H21N5O4S2/c1-10-3-6-18(7-4-10)15(26)23(16(27)20-18)21-12(24)9-29-17-19-11-5-8-28-13(11)14(25)22(17)2/h5,8,10H,3-4,6-7,9H2,1-2H3,(H,20,27)(H,21,24). The number of nitrogens with zero attached hydrogens (tertiary/aromatic N) is 3. The molecule has 0 atom stereocenters. The van der Waals surface area contributed by atoms with Crippen molar-refractivity contribution in [1.29, 1.82) is 0 Å². The van der Waals surface area contributed by atoms with Crippen LogP contribution in [0.15, 0.2) is 21.4 Å². The summed E-state index contributed by atoms with van der Waals surface area (Å²) in [4.78, 5) is 54.2. The number of rotatable bonds is 4. The van der Waals surface area contributed by atoms with E-state index in [0.29, 0.717) is 34.1 Å². The number of hydrazine groups is 1. The van der Waals surface area contributed by atoms with Crippen LogP contribution >= 0.6 is 23.1 Å². The van der Waals surface area contributed by atoms with Crippen LogP contribution in [-0.4, -0.2) is 43.7 Å². The molecule has 1 saturated carbocycles. The zero-order valence-electron chi connectivity index (χ0n) is 16.1. The number of aromatic nitrogens is 2. The Kier molecular flexibility index (Phi) is 5.11. The number of hydrogen-bond donors (Lipinski definition) is 2. The minimum absolute atomic E-state index is 0.0863. The monoisotopic (exact) mass is 435 g/mol. The molecule has 9 nitrogen and oxygen atoms in total. The van der Waals surface area contributed by atoms with Crippen molar-refractivity contribution in [3.8, 4) is 0 Å². The summed E-state index contributed by atoms with van der Waals surface area (Å²) in [5.41, 5.74) is 1.91. The molecule has 2 fully saturated rings. The van der Waals surface area contributed by atoms with Gasteiger partial charge in [0.2, 0.25) is 5.91 Å². The largest absolute Gasteiger partial charge is 0.344 e. The number of carbonyl (C=O) groups is 3. The van der Waals surface area contributed by atoms with E-state index in [1.807, 2.05) is 0 Å². The molecule has 29 heavy (non-hydrogen) atoms. The van der Waals surface area contributed by atoms with E-state index in [4.69, 9.17) is 0 Å². The maximum Gasteiger partial charge on any atom is 0.344 e. The summed E-state index contributed by atoms with van der Waals surface area (Å²) in [6, 6.07) is 1.15. The summed E-state index contributed by atoms with van der Waals surface area (Å²) < 4.78 is 1.95. The van der Waals surface area contributed by atoms with Crippen LogP contribution in [0.4, 0.5) is 4.79 Å². The van der Waals surface area contributed by atoms with Crippen LogP contribution < -0.4 is 16.3 Å². The van der Waals surface area contributed by atoms with Crippen LogP contribution in [0.1, 0.15) is 32.6 Å². The number of urea groups is 1. The summed E-state index contributed by atoms with van der Waals surface area (Å²) in [6.07, 6.45) is 2.86. The van der Waals surface area contributed by atoms with Crippen LogP contribution in [0.25, 0.3) is 10.2 Å². The molecule has 0 unspecified atom stereocenters. The van der Waals surface area contributed by atoms with Gasteiger partial charge < -0.3 is 5.32 Å². The van der Waals surface area contributed by atoms with Gasteiger partial charge in [-0.15, -0.1) is 11.3 Å². The fourth-order valence-electron chi connectivity index (χ4n) is 3.70. The van der Waals surface area contributed by atoms with Crippen molar-refractivity contribution < 1.29 is 14.4 Å². The lowest BCUT2D eigenvalue weighted by atomic mass is 9.77. The predicted octanol–water partition coefficient (Wildman–Crippen LogP) is 1.62. The first kappa shape index (κ1) is 19.9. The Hall–Kier alpha value is -2.40. The Morgan fingerprint density at radius 3 is 2.83 bits per heavy atom. The third-order valence-electron chi connectivity index (χ3n) is 5.50. The molecule has 1 aliphatic heterocycles. The van der Waals surface area contributed by atoms with Gasteiger partial charge in [0.05, 0.1) is 11.3 Å². The zero-order valence-corrected chi connectivity index (χ0v) is 17.7. The number of fused-ring (bicyclic) bond motifs is 1. The van der Waals surface area contributed by atoms with Crippen LogP contribution in [0, 0.1) is 5.92 Å². The normalized spacial score (nSPS) is 24.3. The summed E-state index contributed by atoms with van der Waals surface area (Å²) >= 11 is 2.40. The van der Waals surface area contributed by atoms with Gasteiger partial charge in [-0.2, -0.15) is 5.01 Å². The van der Waals surface area contributed by atoms with Crippen molar-refractivity contribution in [1.82, 2.24) is 25.3 Å². The highest BCUT2D eigenvalue weighted by Gasteiger charge is 2.52. The molecule has 0 bridgehead atoms. The van der Waals surface area contributed by atoms with Gasteiger partial charge in [0, 0.05) is 7.05 Å². The Labute approximate surface area is 174 Å². The van der Waals surface area contributed by atoms with E-state index in [9.17, 15) is 19.2 Å². The van der Waals surface area contributed by atoms with E-state index in [-0.39, 0.29) is 11.3 Å². The van der Waals surface area contributed by atoms with Crippen LogP contribution in [0.2, 0.25) is 0 Å². The van der Waals surface area contributed by atoms with E-state index in [0.717, 1.165) is 29.6 Å². The van der Waals surface area contributed by atoms with E-state index in [1.54, 1.807) is 18.5 Å². The van der Waals surface area contributed by atoms with Crippen molar-refractivity contribution in [3.63, 3.8) is 0 Å². The Bertz CT molecular complexity index is 1050. The van der Waals surface area contributed by atoms with Crippen LogP contribution in [-0.2, 0) is 16.6 Å². The maximum absolute atomic E-state index is 12.8. The zero-order chi connectivity index (χ0) is 20.8. The second-order valence-corrected chi connectivity index (χ2v) is 9.41.